The zero-order valence-electron chi connectivity index (χ0n) is 15.8. The van der Waals surface area contributed by atoms with Crippen molar-refractivity contribution in [3.05, 3.63) is 0 Å². The molecule has 0 heterocycles. The van der Waals surface area contributed by atoms with E-state index in [0.29, 0.717) is 18.3 Å². The maximum absolute atomic E-state index is 10.6. The molecule has 0 aliphatic heterocycles. The van der Waals surface area contributed by atoms with Crippen LogP contribution in [0.2, 0.25) is 0 Å². The highest BCUT2D eigenvalue weighted by Crippen LogP contribution is 2.66. The standard InChI is InChI=1S/C21H36O3/c1-20-10-8-15(24-13-23-3)12-14(20)4-5-16-17-6-7-19(22)21(17,2)11-9-18(16)20/h14-19,22H,4-13H2,1-3H3/t14-,15-,16-,17-,18-,19-,20-,21-/m0/s1. The first-order valence-electron chi connectivity index (χ1n) is 10.3. The summed E-state index contributed by atoms with van der Waals surface area (Å²) in [6.07, 6.45) is 11.7. The predicted octanol–water partition coefficient (Wildman–Crippen LogP) is 4.38. The van der Waals surface area contributed by atoms with Gasteiger partial charge < -0.3 is 14.6 Å². The van der Waals surface area contributed by atoms with Crippen LogP contribution >= 0.6 is 0 Å². The van der Waals surface area contributed by atoms with Crippen LogP contribution in [0.25, 0.3) is 0 Å². The first-order valence-corrected chi connectivity index (χ1v) is 10.3. The Morgan fingerprint density at radius 1 is 0.917 bits per heavy atom. The van der Waals surface area contributed by atoms with Gasteiger partial charge in [0.05, 0.1) is 12.2 Å². The zero-order valence-corrected chi connectivity index (χ0v) is 15.8. The molecule has 3 heteroatoms. The lowest BCUT2D eigenvalue weighted by Crippen LogP contribution is -2.54. The fourth-order valence-electron chi connectivity index (χ4n) is 7.51. The number of aliphatic hydroxyl groups is 1. The Balaban J connectivity index is 1.50. The van der Waals surface area contributed by atoms with Gasteiger partial charge in [-0.3, -0.25) is 0 Å². The Bertz CT molecular complexity index is 466. The summed E-state index contributed by atoms with van der Waals surface area (Å²) in [6.45, 7) is 5.42. The van der Waals surface area contributed by atoms with Gasteiger partial charge in [0.2, 0.25) is 0 Å². The minimum atomic E-state index is -0.0489. The van der Waals surface area contributed by atoms with Crippen molar-refractivity contribution in [2.45, 2.75) is 83.8 Å². The molecule has 0 saturated heterocycles. The van der Waals surface area contributed by atoms with E-state index in [-0.39, 0.29) is 11.5 Å². The Labute approximate surface area is 147 Å². The number of methoxy groups -OCH3 is 1. The maximum Gasteiger partial charge on any atom is 0.146 e. The fourth-order valence-corrected chi connectivity index (χ4v) is 7.51. The lowest BCUT2D eigenvalue weighted by atomic mass is 9.45. The first-order chi connectivity index (χ1) is 11.5. The minimum absolute atomic E-state index is 0.0489. The van der Waals surface area contributed by atoms with E-state index >= 15 is 0 Å². The van der Waals surface area contributed by atoms with Crippen molar-refractivity contribution in [2.75, 3.05) is 13.9 Å². The van der Waals surface area contributed by atoms with E-state index in [0.717, 1.165) is 30.1 Å². The highest BCUT2D eigenvalue weighted by molar-refractivity contribution is 5.09. The molecule has 4 aliphatic rings. The number of fused-ring (bicyclic) bond motifs is 5. The molecule has 1 N–H and O–H groups in total. The SMILES string of the molecule is COCO[C@H]1CC[C@@]2(C)[C@@H](CC[C@@H]3[C@@H]2CC[C@]2(C)[C@@H](O)CC[C@@H]32)C1. The van der Waals surface area contributed by atoms with Crippen LogP contribution in [0.4, 0.5) is 0 Å². The Hall–Kier alpha value is -0.120. The molecule has 138 valence electrons. The van der Waals surface area contributed by atoms with Gasteiger partial charge in [0.1, 0.15) is 6.79 Å². The lowest BCUT2D eigenvalue weighted by molar-refractivity contribution is -0.155. The van der Waals surface area contributed by atoms with E-state index in [9.17, 15) is 5.11 Å². The second-order valence-corrected chi connectivity index (χ2v) is 9.76. The fraction of sp³-hybridized carbons (Fsp3) is 1.00. The van der Waals surface area contributed by atoms with Crippen LogP contribution in [0.3, 0.4) is 0 Å². The van der Waals surface area contributed by atoms with E-state index in [1.165, 1.54) is 51.4 Å². The van der Waals surface area contributed by atoms with Crippen molar-refractivity contribution in [1.29, 1.82) is 0 Å². The number of rotatable bonds is 3. The molecule has 0 spiro atoms. The third-order valence-electron chi connectivity index (χ3n) is 8.99. The number of ether oxygens (including phenoxy) is 2. The van der Waals surface area contributed by atoms with Crippen molar-refractivity contribution < 1.29 is 14.6 Å². The van der Waals surface area contributed by atoms with Crippen molar-refractivity contribution in [3.8, 4) is 0 Å². The van der Waals surface area contributed by atoms with Crippen LogP contribution in [-0.2, 0) is 9.47 Å². The van der Waals surface area contributed by atoms with E-state index in [1.54, 1.807) is 7.11 Å². The van der Waals surface area contributed by atoms with Gasteiger partial charge in [0.15, 0.2) is 0 Å². The lowest BCUT2D eigenvalue weighted by Gasteiger charge is -2.60. The van der Waals surface area contributed by atoms with Crippen molar-refractivity contribution >= 4 is 0 Å². The van der Waals surface area contributed by atoms with E-state index in [1.807, 2.05) is 0 Å². The van der Waals surface area contributed by atoms with E-state index < -0.39 is 0 Å². The summed E-state index contributed by atoms with van der Waals surface area (Å²) in [7, 11) is 1.72. The summed E-state index contributed by atoms with van der Waals surface area (Å²) in [4.78, 5) is 0. The molecule has 8 atom stereocenters. The van der Waals surface area contributed by atoms with Gasteiger partial charge in [-0.05, 0) is 92.3 Å². The molecule has 0 radical (unpaired) electrons. The second kappa shape index (κ2) is 6.25. The molecule has 0 bridgehead atoms. The number of aliphatic hydroxyl groups excluding tert-OH is 1. The first kappa shape index (κ1) is 17.3. The molecular formula is C21H36O3. The smallest absolute Gasteiger partial charge is 0.146 e. The monoisotopic (exact) mass is 336 g/mol. The van der Waals surface area contributed by atoms with Crippen molar-refractivity contribution in [2.24, 2.45) is 34.5 Å². The summed E-state index contributed by atoms with van der Waals surface area (Å²) in [5, 5.41) is 10.6. The van der Waals surface area contributed by atoms with E-state index in [2.05, 4.69) is 13.8 Å². The van der Waals surface area contributed by atoms with Gasteiger partial charge in [-0.25, -0.2) is 0 Å². The van der Waals surface area contributed by atoms with Crippen molar-refractivity contribution in [1.82, 2.24) is 0 Å². The third kappa shape index (κ3) is 2.49. The van der Waals surface area contributed by atoms with Crippen LogP contribution in [0.15, 0.2) is 0 Å². The Kier molecular flexibility index (Phi) is 4.50. The summed E-state index contributed by atoms with van der Waals surface area (Å²) < 4.78 is 11.0. The molecule has 0 aromatic heterocycles. The van der Waals surface area contributed by atoms with E-state index in [4.69, 9.17) is 9.47 Å². The van der Waals surface area contributed by atoms with Crippen LogP contribution in [-0.4, -0.2) is 31.2 Å². The quantitative estimate of drug-likeness (QED) is 0.777. The summed E-state index contributed by atoms with van der Waals surface area (Å²) >= 11 is 0. The Morgan fingerprint density at radius 2 is 1.67 bits per heavy atom. The highest BCUT2D eigenvalue weighted by Gasteiger charge is 2.60. The second-order valence-electron chi connectivity index (χ2n) is 9.76. The molecule has 4 saturated carbocycles. The average molecular weight is 337 g/mol. The van der Waals surface area contributed by atoms with Gasteiger partial charge in [-0.15, -0.1) is 0 Å². The normalized spacial score (nSPS) is 54.0. The minimum Gasteiger partial charge on any atom is -0.393 e. The largest absolute Gasteiger partial charge is 0.393 e. The van der Waals surface area contributed by atoms with Gasteiger partial charge in [0.25, 0.3) is 0 Å². The molecule has 4 fully saturated rings. The molecular weight excluding hydrogens is 300 g/mol. The summed E-state index contributed by atoms with van der Waals surface area (Å²) in [5.74, 6) is 3.33. The summed E-state index contributed by atoms with van der Waals surface area (Å²) in [6, 6.07) is 0. The highest BCUT2D eigenvalue weighted by atomic mass is 16.7. The zero-order chi connectivity index (χ0) is 16.9. The topological polar surface area (TPSA) is 38.7 Å². The van der Waals surface area contributed by atoms with Gasteiger partial charge >= 0.3 is 0 Å². The number of hydrogen-bond acceptors (Lipinski definition) is 3. The summed E-state index contributed by atoms with van der Waals surface area (Å²) in [5.41, 5.74) is 0.716. The molecule has 3 nitrogen and oxygen atoms in total. The third-order valence-corrected chi connectivity index (χ3v) is 8.99. The Morgan fingerprint density at radius 3 is 2.46 bits per heavy atom. The average Bonchev–Trinajstić information content (AvgIpc) is 2.88. The molecule has 0 amide bonds. The van der Waals surface area contributed by atoms with Crippen LogP contribution in [0.1, 0.15) is 71.6 Å². The molecule has 0 unspecified atom stereocenters. The molecule has 0 aromatic carbocycles. The van der Waals surface area contributed by atoms with Crippen LogP contribution in [0, 0.1) is 34.5 Å². The molecule has 0 aromatic rings. The van der Waals surface area contributed by atoms with Gasteiger partial charge in [0, 0.05) is 7.11 Å². The number of hydrogen-bond donors (Lipinski definition) is 1. The van der Waals surface area contributed by atoms with Gasteiger partial charge in [-0.2, -0.15) is 0 Å². The molecule has 4 rings (SSSR count). The van der Waals surface area contributed by atoms with Crippen LogP contribution in [0.5, 0.6) is 0 Å². The predicted molar refractivity (Wildman–Crippen MR) is 94.5 cm³/mol. The molecule has 4 aliphatic carbocycles. The van der Waals surface area contributed by atoms with Crippen LogP contribution < -0.4 is 0 Å². The van der Waals surface area contributed by atoms with Crippen molar-refractivity contribution in [3.63, 3.8) is 0 Å². The molecule has 24 heavy (non-hydrogen) atoms. The maximum atomic E-state index is 10.6. The van der Waals surface area contributed by atoms with Gasteiger partial charge in [-0.1, -0.05) is 13.8 Å².